The van der Waals surface area contributed by atoms with Crippen LogP contribution in [0.3, 0.4) is 0 Å². The second-order valence-electron chi connectivity index (χ2n) is 5.55. The number of pyridine rings is 1. The molecular weight excluding hydrogens is 228 g/mol. The number of carbonyl (C=O) groups is 1. The fourth-order valence-electron chi connectivity index (χ4n) is 3.41. The minimum absolute atomic E-state index is 0.0177. The minimum Gasteiger partial charge on any atom is -0.327 e. The number of nitrogens with zero attached hydrogens (tertiary/aromatic N) is 1. The van der Waals surface area contributed by atoms with E-state index in [1.54, 1.807) is 4.57 Å². The van der Waals surface area contributed by atoms with E-state index in [9.17, 15) is 9.59 Å². The first-order valence-electron chi connectivity index (χ1n) is 6.61. The predicted molar refractivity (Wildman–Crippen MR) is 68.7 cm³/mol. The molecule has 4 heteroatoms. The predicted octanol–water partition coefficient (Wildman–Crippen LogP) is 1.83. The van der Waals surface area contributed by atoms with E-state index in [-0.39, 0.29) is 11.5 Å². The smallest absolute Gasteiger partial charge is 0.270 e. The van der Waals surface area contributed by atoms with Crippen molar-refractivity contribution in [2.75, 3.05) is 0 Å². The van der Waals surface area contributed by atoms with Gasteiger partial charge in [0, 0.05) is 5.56 Å². The normalized spacial score (nSPS) is 20.9. The second kappa shape index (κ2) is 3.70. The van der Waals surface area contributed by atoms with Crippen LogP contribution in [0, 0.1) is 13.8 Å². The molecule has 96 valence electrons. The highest BCUT2D eigenvalue weighted by Gasteiger charge is 2.44. The molecule has 3 rings (SSSR count). The maximum Gasteiger partial charge on any atom is 0.270 e. The molecule has 0 aromatic carbocycles. The number of aromatic nitrogens is 1. The van der Waals surface area contributed by atoms with Gasteiger partial charge in [-0.1, -0.05) is 6.42 Å². The van der Waals surface area contributed by atoms with Gasteiger partial charge >= 0.3 is 0 Å². The van der Waals surface area contributed by atoms with E-state index in [0.29, 0.717) is 5.69 Å². The van der Waals surface area contributed by atoms with Gasteiger partial charge in [0.05, 0.1) is 0 Å². The Morgan fingerprint density at radius 2 is 1.78 bits per heavy atom. The van der Waals surface area contributed by atoms with Crippen LogP contribution in [-0.2, 0) is 5.66 Å². The third kappa shape index (κ3) is 1.38. The Kier molecular flexibility index (Phi) is 2.37. The number of fused-ring (bicyclic) bond motifs is 2. The van der Waals surface area contributed by atoms with Crippen LogP contribution in [0.5, 0.6) is 0 Å². The molecule has 4 nitrogen and oxygen atoms in total. The molecule has 0 unspecified atom stereocenters. The number of carbonyl (C=O) groups excluding carboxylic acids is 1. The highest BCUT2D eigenvalue weighted by molar-refractivity contribution is 5.96. The van der Waals surface area contributed by atoms with Crippen molar-refractivity contribution in [3.63, 3.8) is 0 Å². The van der Waals surface area contributed by atoms with E-state index in [2.05, 4.69) is 5.32 Å². The van der Waals surface area contributed by atoms with Gasteiger partial charge < -0.3 is 5.32 Å². The van der Waals surface area contributed by atoms with Crippen LogP contribution < -0.4 is 10.9 Å². The summed E-state index contributed by atoms with van der Waals surface area (Å²) in [4.78, 5) is 24.6. The van der Waals surface area contributed by atoms with Gasteiger partial charge in [-0.2, -0.15) is 0 Å². The van der Waals surface area contributed by atoms with E-state index >= 15 is 0 Å². The van der Waals surface area contributed by atoms with Crippen molar-refractivity contribution in [1.29, 1.82) is 0 Å². The van der Waals surface area contributed by atoms with Crippen LogP contribution in [0.25, 0.3) is 0 Å². The molecule has 0 bridgehead atoms. The van der Waals surface area contributed by atoms with E-state index in [0.717, 1.165) is 36.8 Å². The van der Waals surface area contributed by atoms with Crippen LogP contribution >= 0.6 is 0 Å². The molecule has 2 heterocycles. The number of hydrogen-bond donors (Lipinski definition) is 1. The zero-order valence-corrected chi connectivity index (χ0v) is 10.9. The zero-order valence-electron chi connectivity index (χ0n) is 10.9. The largest absolute Gasteiger partial charge is 0.327 e. The van der Waals surface area contributed by atoms with E-state index < -0.39 is 5.66 Å². The number of rotatable bonds is 0. The number of nitrogens with one attached hydrogen (secondary N) is 1. The summed E-state index contributed by atoms with van der Waals surface area (Å²) in [5.74, 6) is -0.0912. The summed E-state index contributed by atoms with van der Waals surface area (Å²) < 4.78 is 1.74. The summed E-state index contributed by atoms with van der Waals surface area (Å²) in [6.07, 6.45) is 5.06. The van der Waals surface area contributed by atoms with Gasteiger partial charge in [-0.3, -0.25) is 14.2 Å². The molecule has 1 amide bonds. The standard InChI is InChI=1S/C14H18N2O2/c1-9-8-10(2)13(18)16-11(9)12(17)15-14(16)6-4-3-5-7-14/h8H,3-7H2,1-2H3,(H,15,17). The second-order valence-corrected chi connectivity index (χ2v) is 5.55. The maximum atomic E-state index is 12.4. The number of amides is 1. The maximum absolute atomic E-state index is 12.4. The van der Waals surface area contributed by atoms with Gasteiger partial charge in [0.1, 0.15) is 11.4 Å². The Morgan fingerprint density at radius 1 is 1.11 bits per heavy atom. The topological polar surface area (TPSA) is 51.1 Å². The van der Waals surface area contributed by atoms with Crippen LogP contribution in [0.4, 0.5) is 0 Å². The van der Waals surface area contributed by atoms with E-state index in [4.69, 9.17) is 0 Å². The molecule has 0 radical (unpaired) electrons. The van der Waals surface area contributed by atoms with Crippen molar-refractivity contribution in [2.24, 2.45) is 0 Å². The third-order valence-corrected chi connectivity index (χ3v) is 4.24. The summed E-state index contributed by atoms with van der Waals surface area (Å²) in [7, 11) is 0. The van der Waals surface area contributed by atoms with E-state index in [1.807, 2.05) is 19.9 Å². The van der Waals surface area contributed by atoms with Crippen molar-refractivity contribution in [1.82, 2.24) is 9.88 Å². The molecule has 1 aliphatic heterocycles. The SMILES string of the molecule is Cc1cc(C)c(=O)n2c1C(=O)NC21CCCCC1. The first-order valence-corrected chi connectivity index (χ1v) is 6.61. The van der Waals surface area contributed by atoms with Crippen molar-refractivity contribution < 1.29 is 4.79 Å². The number of aryl methyl sites for hydroxylation is 2. The van der Waals surface area contributed by atoms with Gasteiger partial charge in [0.2, 0.25) is 0 Å². The molecule has 1 saturated carbocycles. The lowest BCUT2D eigenvalue weighted by Gasteiger charge is -2.35. The molecule has 1 spiro atoms. The highest BCUT2D eigenvalue weighted by Crippen LogP contribution is 2.36. The molecule has 18 heavy (non-hydrogen) atoms. The molecule has 1 aliphatic carbocycles. The molecule has 1 N–H and O–H groups in total. The molecule has 1 fully saturated rings. The van der Waals surface area contributed by atoms with Gasteiger partial charge in [-0.15, -0.1) is 0 Å². The first-order chi connectivity index (χ1) is 8.55. The molecule has 1 aromatic heterocycles. The lowest BCUT2D eigenvalue weighted by Crippen LogP contribution is -2.48. The highest BCUT2D eigenvalue weighted by atomic mass is 16.2. The van der Waals surface area contributed by atoms with Crippen LogP contribution in [0.15, 0.2) is 10.9 Å². The Morgan fingerprint density at radius 3 is 2.44 bits per heavy atom. The average Bonchev–Trinajstić information content (AvgIpc) is 2.60. The summed E-state index contributed by atoms with van der Waals surface area (Å²) in [6, 6.07) is 1.82. The Bertz CT molecular complexity index is 580. The quantitative estimate of drug-likeness (QED) is 0.759. The van der Waals surface area contributed by atoms with Crippen molar-refractivity contribution in [2.45, 2.75) is 51.6 Å². The Balaban J connectivity index is 2.29. The molecule has 1 aromatic rings. The molecule has 2 aliphatic rings. The Hall–Kier alpha value is -1.58. The summed E-state index contributed by atoms with van der Waals surface area (Å²) in [5.41, 5.74) is 1.71. The lowest BCUT2D eigenvalue weighted by atomic mass is 9.89. The van der Waals surface area contributed by atoms with Gasteiger partial charge in [0.15, 0.2) is 0 Å². The molecular formula is C14H18N2O2. The fourth-order valence-corrected chi connectivity index (χ4v) is 3.41. The van der Waals surface area contributed by atoms with Crippen LogP contribution in [0.2, 0.25) is 0 Å². The van der Waals surface area contributed by atoms with Gasteiger partial charge in [0.25, 0.3) is 11.5 Å². The summed E-state index contributed by atoms with van der Waals surface area (Å²) >= 11 is 0. The van der Waals surface area contributed by atoms with Crippen molar-refractivity contribution in [3.05, 3.63) is 33.2 Å². The third-order valence-electron chi connectivity index (χ3n) is 4.24. The van der Waals surface area contributed by atoms with Crippen LogP contribution in [-0.4, -0.2) is 10.5 Å². The van der Waals surface area contributed by atoms with Crippen LogP contribution in [0.1, 0.15) is 53.7 Å². The monoisotopic (exact) mass is 246 g/mol. The average molecular weight is 246 g/mol. The number of hydrogen-bond acceptors (Lipinski definition) is 2. The van der Waals surface area contributed by atoms with Gasteiger partial charge in [-0.05, 0) is 51.2 Å². The molecule has 0 saturated heterocycles. The summed E-state index contributed by atoms with van der Waals surface area (Å²) in [6.45, 7) is 3.72. The Labute approximate surface area is 106 Å². The van der Waals surface area contributed by atoms with Crippen molar-refractivity contribution in [3.8, 4) is 0 Å². The lowest BCUT2D eigenvalue weighted by molar-refractivity contribution is 0.0876. The fraction of sp³-hybridized carbons (Fsp3) is 0.571. The first kappa shape index (κ1) is 11.5. The van der Waals surface area contributed by atoms with E-state index in [1.165, 1.54) is 6.42 Å². The zero-order chi connectivity index (χ0) is 12.9. The minimum atomic E-state index is -0.446. The van der Waals surface area contributed by atoms with Crippen molar-refractivity contribution >= 4 is 5.91 Å². The summed E-state index contributed by atoms with van der Waals surface area (Å²) in [5, 5.41) is 3.07. The molecule has 0 atom stereocenters. The van der Waals surface area contributed by atoms with Gasteiger partial charge in [-0.25, -0.2) is 0 Å².